The summed E-state index contributed by atoms with van der Waals surface area (Å²) in [5, 5.41) is 3.34. The molecule has 3 aromatic rings. The molecule has 7 heteroatoms. The number of hydrogen-bond acceptors (Lipinski definition) is 6. The molecule has 1 heterocycles. The number of nitrogens with one attached hydrogen (secondary N) is 1. The summed E-state index contributed by atoms with van der Waals surface area (Å²) < 4.78 is 22.3. The van der Waals surface area contributed by atoms with Gasteiger partial charge in [0.05, 0.1) is 41.0 Å². The SMILES string of the molecule is COc1ccc(CC2c3cc(OC)c(OC)cc3CCN2CC(=O)NC2CCCc3ccccc32)cc1OC. The Bertz CT molecular complexity index is 1320. The van der Waals surface area contributed by atoms with Gasteiger partial charge in [0.25, 0.3) is 0 Å². The third-order valence-corrected chi connectivity index (χ3v) is 8.04. The van der Waals surface area contributed by atoms with Crippen LogP contribution in [-0.2, 0) is 24.1 Å². The highest BCUT2D eigenvalue weighted by atomic mass is 16.5. The van der Waals surface area contributed by atoms with Gasteiger partial charge in [-0.15, -0.1) is 0 Å². The lowest BCUT2D eigenvalue weighted by Gasteiger charge is -2.38. The van der Waals surface area contributed by atoms with Crippen molar-refractivity contribution in [3.05, 3.63) is 82.4 Å². The van der Waals surface area contributed by atoms with E-state index in [0.29, 0.717) is 30.2 Å². The molecule has 0 aromatic heterocycles. The first-order valence-electron chi connectivity index (χ1n) is 13.6. The van der Waals surface area contributed by atoms with Crippen molar-refractivity contribution < 1.29 is 23.7 Å². The van der Waals surface area contributed by atoms with E-state index in [2.05, 4.69) is 52.7 Å². The number of methoxy groups -OCH3 is 4. The summed E-state index contributed by atoms with van der Waals surface area (Å²) in [6.45, 7) is 1.10. The zero-order chi connectivity index (χ0) is 27.4. The van der Waals surface area contributed by atoms with E-state index >= 15 is 0 Å². The highest BCUT2D eigenvalue weighted by molar-refractivity contribution is 5.79. The number of rotatable bonds is 9. The number of carbonyl (C=O) groups is 1. The number of fused-ring (bicyclic) bond motifs is 2. The molecule has 2 atom stereocenters. The summed E-state index contributed by atoms with van der Waals surface area (Å²) in [6, 6.07) is 18.7. The van der Waals surface area contributed by atoms with Crippen LogP contribution in [0, 0.1) is 0 Å². The number of ether oxygens (including phenoxy) is 4. The fourth-order valence-electron chi connectivity index (χ4n) is 6.07. The van der Waals surface area contributed by atoms with Gasteiger partial charge < -0.3 is 24.3 Å². The van der Waals surface area contributed by atoms with Crippen molar-refractivity contribution in [3.8, 4) is 23.0 Å². The molecule has 1 aliphatic heterocycles. The Morgan fingerprint density at radius 1 is 0.821 bits per heavy atom. The van der Waals surface area contributed by atoms with Gasteiger partial charge in [0.2, 0.25) is 5.91 Å². The van der Waals surface area contributed by atoms with Crippen LogP contribution in [0.4, 0.5) is 0 Å². The minimum Gasteiger partial charge on any atom is -0.493 e. The van der Waals surface area contributed by atoms with Gasteiger partial charge in [-0.25, -0.2) is 0 Å². The summed E-state index contributed by atoms with van der Waals surface area (Å²) in [4.78, 5) is 15.8. The Balaban J connectivity index is 1.42. The molecule has 7 nitrogen and oxygen atoms in total. The average molecular weight is 531 g/mol. The Kier molecular flexibility index (Phi) is 8.27. The summed E-state index contributed by atoms with van der Waals surface area (Å²) >= 11 is 0. The Morgan fingerprint density at radius 3 is 2.31 bits per heavy atom. The molecule has 2 unspecified atom stereocenters. The first kappa shape index (κ1) is 26.9. The molecular formula is C32H38N2O5. The molecule has 0 saturated heterocycles. The second-order valence-electron chi connectivity index (χ2n) is 10.2. The lowest BCUT2D eigenvalue weighted by atomic mass is 9.87. The third-order valence-electron chi connectivity index (χ3n) is 8.04. The number of amides is 1. The van der Waals surface area contributed by atoms with Crippen LogP contribution in [0.15, 0.2) is 54.6 Å². The van der Waals surface area contributed by atoms with Crippen LogP contribution in [0.2, 0.25) is 0 Å². The number of hydrogen-bond donors (Lipinski definition) is 1. The zero-order valence-electron chi connectivity index (χ0n) is 23.3. The van der Waals surface area contributed by atoms with E-state index in [9.17, 15) is 4.79 Å². The van der Waals surface area contributed by atoms with Crippen molar-refractivity contribution >= 4 is 5.91 Å². The van der Waals surface area contributed by atoms with Gasteiger partial charge in [-0.3, -0.25) is 9.69 Å². The second-order valence-corrected chi connectivity index (χ2v) is 10.2. The smallest absolute Gasteiger partial charge is 0.234 e. The standard InChI is InChI=1S/C32H38N2O5/c1-36-28-13-12-21(17-29(28)37-2)16-27-25-19-31(39-4)30(38-3)18-23(25)14-15-34(27)20-32(35)33-26-11-7-9-22-8-5-6-10-24(22)26/h5-6,8,10,12-13,17-19,26-27H,7,9,11,14-16,20H2,1-4H3,(H,33,35). The molecule has 1 aliphatic carbocycles. The third kappa shape index (κ3) is 5.69. The number of benzene rings is 3. The van der Waals surface area contributed by atoms with Crippen LogP contribution in [0.5, 0.6) is 23.0 Å². The first-order chi connectivity index (χ1) is 19.0. The molecule has 39 heavy (non-hydrogen) atoms. The van der Waals surface area contributed by atoms with Crippen molar-refractivity contribution in [1.82, 2.24) is 10.2 Å². The van der Waals surface area contributed by atoms with Crippen molar-refractivity contribution in [2.24, 2.45) is 0 Å². The summed E-state index contributed by atoms with van der Waals surface area (Å²) in [5.74, 6) is 2.86. The maximum atomic E-state index is 13.5. The minimum atomic E-state index is -0.0175. The van der Waals surface area contributed by atoms with Crippen LogP contribution < -0.4 is 24.3 Å². The lowest BCUT2D eigenvalue weighted by molar-refractivity contribution is -0.123. The normalized spacial score (nSPS) is 18.5. The van der Waals surface area contributed by atoms with E-state index in [1.54, 1.807) is 28.4 Å². The van der Waals surface area contributed by atoms with E-state index in [1.807, 2.05) is 12.1 Å². The Hall–Kier alpha value is -3.71. The van der Waals surface area contributed by atoms with Crippen LogP contribution in [0.25, 0.3) is 0 Å². The molecule has 0 bridgehead atoms. The monoisotopic (exact) mass is 530 g/mol. The summed E-state index contributed by atoms with van der Waals surface area (Å²) in [6.07, 6.45) is 4.67. The van der Waals surface area contributed by atoms with Gasteiger partial charge in [0, 0.05) is 12.6 Å². The molecule has 1 amide bonds. The summed E-state index contributed by atoms with van der Waals surface area (Å²) in [5.41, 5.74) is 6.07. The van der Waals surface area contributed by atoms with Gasteiger partial charge in [-0.1, -0.05) is 30.3 Å². The Labute approximate surface area is 231 Å². The van der Waals surface area contributed by atoms with E-state index in [4.69, 9.17) is 18.9 Å². The maximum absolute atomic E-state index is 13.5. The fourth-order valence-corrected chi connectivity index (χ4v) is 6.07. The zero-order valence-corrected chi connectivity index (χ0v) is 23.3. The first-order valence-corrected chi connectivity index (χ1v) is 13.6. The number of aryl methyl sites for hydroxylation is 1. The molecule has 0 saturated carbocycles. The van der Waals surface area contributed by atoms with E-state index in [-0.39, 0.29) is 18.0 Å². The second kappa shape index (κ2) is 12.0. The minimum absolute atomic E-state index is 0.0175. The predicted octanol–water partition coefficient (Wildman–Crippen LogP) is 5.06. The molecule has 0 spiro atoms. The highest BCUT2D eigenvalue weighted by Crippen LogP contribution is 2.40. The Morgan fingerprint density at radius 2 is 1.54 bits per heavy atom. The molecule has 0 fully saturated rings. The number of nitrogens with zero attached hydrogens (tertiary/aromatic N) is 1. The quantitative estimate of drug-likeness (QED) is 0.417. The van der Waals surface area contributed by atoms with E-state index < -0.39 is 0 Å². The summed E-state index contributed by atoms with van der Waals surface area (Å²) in [7, 11) is 6.60. The predicted molar refractivity (Wildman–Crippen MR) is 151 cm³/mol. The molecule has 3 aromatic carbocycles. The largest absolute Gasteiger partial charge is 0.493 e. The molecule has 206 valence electrons. The lowest BCUT2D eigenvalue weighted by Crippen LogP contribution is -2.44. The van der Waals surface area contributed by atoms with Gasteiger partial charge >= 0.3 is 0 Å². The van der Waals surface area contributed by atoms with Crippen molar-refractivity contribution in [1.29, 1.82) is 0 Å². The molecule has 0 radical (unpaired) electrons. The van der Waals surface area contributed by atoms with Crippen molar-refractivity contribution in [2.75, 3.05) is 41.5 Å². The van der Waals surface area contributed by atoms with Gasteiger partial charge in [-0.2, -0.15) is 0 Å². The van der Waals surface area contributed by atoms with E-state index in [0.717, 1.165) is 49.1 Å². The van der Waals surface area contributed by atoms with Gasteiger partial charge in [-0.05, 0) is 84.2 Å². The maximum Gasteiger partial charge on any atom is 0.234 e. The van der Waals surface area contributed by atoms with Gasteiger partial charge in [0.1, 0.15) is 0 Å². The molecule has 2 aliphatic rings. The van der Waals surface area contributed by atoms with Crippen molar-refractivity contribution in [2.45, 2.75) is 44.2 Å². The fraction of sp³-hybridized carbons (Fsp3) is 0.406. The van der Waals surface area contributed by atoms with Crippen LogP contribution in [0.1, 0.15) is 52.7 Å². The van der Waals surface area contributed by atoms with E-state index in [1.165, 1.54) is 16.7 Å². The molecular weight excluding hydrogens is 492 g/mol. The van der Waals surface area contributed by atoms with Crippen molar-refractivity contribution in [3.63, 3.8) is 0 Å². The van der Waals surface area contributed by atoms with Crippen LogP contribution in [-0.4, -0.2) is 52.3 Å². The molecule has 1 N–H and O–H groups in total. The van der Waals surface area contributed by atoms with Gasteiger partial charge in [0.15, 0.2) is 23.0 Å². The average Bonchev–Trinajstić information content (AvgIpc) is 2.97. The number of carbonyl (C=O) groups excluding carboxylic acids is 1. The van der Waals surface area contributed by atoms with Crippen LogP contribution in [0.3, 0.4) is 0 Å². The van der Waals surface area contributed by atoms with Crippen LogP contribution >= 0.6 is 0 Å². The highest BCUT2D eigenvalue weighted by Gasteiger charge is 2.32. The topological polar surface area (TPSA) is 69.3 Å². The molecule has 5 rings (SSSR count).